The number of anilines is 1. The topological polar surface area (TPSA) is 51.2 Å². The Bertz CT molecular complexity index is 561. The van der Waals surface area contributed by atoms with Gasteiger partial charge in [-0.25, -0.2) is 0 Å². The van der Waals surface area contributed by atoms with E-state index in [0.29, 0.717) is 6.61 Å². The highest BCUT2D eigenvalue weighted by Crippen LogP contribution is 2.12. The van der Waals surface area contributed by atoms with Crippen LogP contribution >= 0.6 is 15.9 Å². The Kier molecular flexibility index (Phi) is 5.70. The summed E-state index contributed by atoms with van der Waals surface area (Å²) in [5, 5.41) is 2.74. The van der Waals surface area contributed by atoms with E-state index in [0.717, 1.165) is 16.6 Å². The Morgan fingerprint density at radius 1 is 1.25 bits per heavy atom. The average Bonchev–Trinajstić information content (AvgIpc) is 2.45. The lowest BCUT2D eigenvalue weighted by Gasteiger charge is -2.06. The van der Waals surface area contributed by atoms with Gasteiger partial charge in [-0.05, 0) is 36.2 Å². The Hall–Kier alpha value is -1.72. The predicted octanol–water partition coefficient (Wildman–Crippen LogP) is 3.04. The molecule has 0 aliphatic rings. The first-order chi connectivity index (χ1) is 9.74. The van der Waals surface area contributed by atoms with Gasteiger partial charge in [0.25, 0.3) is 0 Å². The molecule has 1 aromatic carbocycles. The number of halogens is 1. The number of carbonyl (C=O) groups excluding carboxylic acids is 1. The maximum absolute atomic E-state index is 11.6. The lowest BCUT2D eigenvalue weighted by molar-refractivity contribution is -0.120. The van der Waals surface area contributed by atoms with Crippen LogP contribution in [0.25, 0.3) is 0 Å². The monoisotopic (exact) mass is 334 g/mol. The molecule has 0 spiro atoms. The Morgan fingerprint density at radius 3 is 2.80 bits per heavy atom. The molecular formula is C15H15BrN2O2. The van der Waals surface area contributed by atoms with Gasteiger partial charge in [-0.2, -0.15) is 0 Å². The quantitative estimate of drug-likeness (QED) is 0.826. The maximum Gasteiger partial charge on any atom is 0.250 e. The van der Waals surface area contributed by atoms with Crippen LogP contribution < -0.4 is 5.32 Å². The summed E-state index contributed by atoms with van der Waals surface area (Å²) in [4.78, 5) is 15.5. The van der Waals surface area contributed by atoms with Gasteiger partial charge in [0.2, 0.25) is 5.91 Å². The highest BCUT2D eigenvalue weighted by Gasteiger charge is 2.02. The fourth-order valence-corrected chi connectivity index (χ4v) is 2.13. The van der Waals surface area contributed by atoms with Gasteiger partial charge < -0.3 is 10.1 Å². The van der Waals surface area contributed by atoms with Crippen molar-refractivity contribution in [2.75, 3.05) is 18.5 Å². The van der Waals surface area contributed by atoms with Crippen molar-refractivity contribution < 1.29 is 9.53 Å². The molecule has 104 valence electrons. The molecule has 0 fully saturated rings. The number of benzene rings is 1. The van der Waals surface area contributed by atoms with E-state index in [1.807, 2.05) is 24.3 Å². The molecule has 2 rings (SSSR count). The summed E-state index contributed by atoms with van der Waals surface area (Å²) >= 11 is 3.42. The second-order valence-corrected chi connectivity index (χ2v) is 5.13. The minimum atomic E-state index is -0.162. The zero-order valence-electron chi connectivity index (χ0n) is 10.9. The van der Waals surface area contributed by atoms with Gasteiger partial charge in [-0.15, -0.1) is 0 Å². The molecule has 0 bridgehead atoms. The van der Waals surface area contributed by atoms with E-state index >= 15 is 0 Å². The largest absolute Gasteiger partial charge is 0.371 e. The lowest BCUT2D eigenvalue weighted by atomic mass is 10.2. The summed E-state index contributed by atoms with van der Waals surface area (Å²) < 4.78 is 6.42. The zero-order valence-corrected chi connectivity index (χ0v) is 12.5. The second kappa shape index (κ2) is 7.77. The number of ether oxygens (including phenoxy) is 1. The van der Waals surface area contributed by atoms with Crippen molar-refractivity contribution in [3.63, 3.8) is 0 Å². The number of aromatic nitrogens is 1. The van der Waals surface area contributed by atoms with Crippen molar-refractivity contribution >= 4 is 27.5 Å². The van der Waals surface area contributed by atoms with Gasteiger partial charge in [0, 0.05) is 22.6 Å². The summed E-state index contributed by atoms with van der Waals surface area (Å²) in [7, 11) is 0. The normalized spacial score (nSPS) is 10.2. The number of nitrogens with one attached hydrogen (secondary N) is 1. The molecule has 0 aliphatic carbocycles. The molecule has 4 nitrogen and oxygen atoms in total. The van der Waals surface area contributed by atoms with Crippen LogP contribution in [0.3, 0.4) is 0 Å². The van der Waals surface area contributed by atoms with Crippen molar-refractivity contribution in [1.29, 1.82) is 0 Å². The second-order valence-electron chi connectivity index (χ2n) is 4.22. The molecule has 1 heterocycles. The van der Waals surface area contributed by atoms with Crippen molar-refractivity contribution in [3.05, 3.63) is 58.8 Å². The molecule has 0 aliphatic heterocycles. The SMILES string of the molecule is O=C(COCCc1cccc(Br)c1)Nc1ccncc1. The standard InChI is InChI=1S/C15H15BrN2O2/c16-13-3-1-2-12(10-13)6-9-20-11-15(19)18-14-4-7-17-8-5-14/h1-5,7-8,10H,6,9,11H2,(H,17,18,19). The predicted molar refractivity (Wildman–Crippen MR) is 81.5 cm³/mol. The number of hydrogen-bond donors (Lipinski definition) is 1. The summed E-state index contributed by atoms with van der Waals surface area (Å²) in [5.41, 5.74) is 1.90. The summed E-state index contributed by atoms with van der Waals surface area (Å²) in [5.74, 6) is -0.162. The van der Waals surface area contributed by atoms with Crippen LogP contribution in [0.1, 0.15) is 5.56 Å². The van der Waals surface area contributed by atoms with Gasteiger partial charge in [0.15, 0.2) is 0 Å². The Morgan fingerprint density at radius 2 is 2.05 bits per heavy atom. The molecule has 5 heteroatoms. The number of nitrogens with zero attached hydrogens (tertiary/aromatic N) is 1. The van der Waals surface area contributed by atoms with Gasteiger partial charge in [-0.3, -0.25) is 9.78 Å². The van der Waals surface area contributed by atoms with Crippen LogP contribution in [0.4, 0.5) is 5.69 Å². The number of pyridine rings is 1. The lowest BCUT2D eigenvalue weighted by Crippen LogP contribution is -2.19. The molecule has 0 saturated carbocycles. The summed E-state index contributed by atoms with van der Waals surface area (Å²) in [6, 6.07) is 11.5. The molecular weight excluding hydrogens is 320 g/mol. The van der Waals surface area contributed by atoms with Crippen molar-refractivity contribution in [3.8, 4) is 0 Å². The van der Waals surface area contributed by atoms with E-state index in [1.165, 1.54) is 5.56 Å². The number of hydrogen-bond acceptors (Lipinski definition) is 3. The molecule has 1 N–H and O–H groups in total. The highest BCUT2D eigenvalue weighted by atomic mass is 79.9. The van der Waals surface area contributed by atoms with E-state index in [1.54, 1.807) is 24.5 Å². The van der Waals surface area contributed by atoms with Crippen LogP contribution in [-0.4, -0.2) is 24.1 Å². The van der Waals surface area contributed by atoms with Crippen molar-refractivity contribution in [2.45, 2.75) is 6.42 Å². The third-order valence-electron chi connectivity index (χ3n) is 2.62. The highest BCUT2D eigenvalue weighted by molar-refractivity contribution is 9.10. The molecule has 2 aromatic rings. The Labute approximate surface area is 126 Å². The van der Waals surface area contributed by atoms with Gasteiger partial charge in [-0.1, -0.05) is 28.1 Å². The fourth-order valence-electron chi connectivity index (χ4n) is 1.68. The molecule has 0 saturated heterocycles. The fraction of sp³-hybridized carbons (Fsp3) is 0.200. The van der Waals surface area contributed by atoms with Crippen LogP contribution in [0.5, 0.6) is 0 Å². The molecule has 1 aromatic heterocycles. The van der Waals surface area contributed by atoms with Gasteiger partial charge >= 0.3 is 0 Å². The summed E-state index contributed by atoms with van der Waals surface area (Å²) in [6.45, 7) is 0.566. The number of rotatable bonds is 6. The van der Waals surface area contributed by atoms with E-state index in [2.05, 4.69) is 26.2 Å². The minimum absolute atomic E-state index is 0.0519. The van der Waals surface area contributed by atoms with E-state index in [-0.39, 0.29) is 12.5 Å². The first-order valence-electron chi connectivity index (χ1n) is 6.26. The first kappa shape index (κ1) is 14.7. The molecule has 0 radical (unpaired) electrons. The van der Waals surface area contributed by atoms with E-state index < -0.39 is 0 Å². The van der Waals surface area contributed by atoms with Crippen molar-refractivity contribution in [2.24, 2.45) is 0 Å². The molecule has 1 amide bonds. The van der Waals surface area contributed by atoms with Crippen LogP contribution in [0, 0.1) is 0 Å². The molecule has 0 atom stereocenters. The van der Waals surface area contributed by atoms with Crippen LogP contribution in [0.2, 0.25) is 0 Å². The smallest absolute Gasteiger partial charge is 0.250 e. The van der Waals surface area contributed by atoms with E-state index in [9.17, 15) is 4.79 Å². The van der Waals surface area contributed by atoms with E-state index in [4.69, 9.17) is 4.74 Å². The third-order valence-corrected chi connectivity index (χ3v) is 3.11. The van der Waals surface area contributed by atoms with Crippen molar-refractivity contribution in [1.82, 2.24) is 4.98 Å². The van der Waals surface area contributed by atoms with Gasteiger partial charge in [0.05, 0.1) is 6.61 Å². The van der Waals surface area contributed by atoms with Gasteiger partial charge in [0.1, 0.15) is 6.61 Å². The zero-order chi connectivity index (χ0) is 14.2. The summed E-state index contributed by atoms with van der Waals surface area (Å²) in [6.07, 6.45) is 4.04. The third kappa shape index (κ3) is 5.11. The number of amides is 1. The average molecular weight is 335 g/mol. The molecule has 0 unspecified atom stereocenters. The minimum Gasteiger partial charge on any atom is -0.371 e. The number of carbonyl (C=O) groups is 1. The first-order valence-corrected chi connectivity index (χ1v) is 7.05. The maximum atomic E-state index is 11.6. The molecule has 20 heavy (non-hydrogen) atoms. The van der Waals surface area contributed by atoms with Crippen LogP contribution in [0.15, 0.2) is 53.3 Å². The van der Waals surface area contributed by atoms with Crippen LogP contribution in [-0.2, 0) is 16.0 Å². The Balaban J connectivity index is 1.67.